The topological polar surface area (TPSA) is 67.3 Å². The summed E-state index contributed by atoms with van der Waals surface area (Å²) in [6.07, 6.45) is 5.05. The minimum absolute atomic E-state index is 0.0770. The van der Waals surface area contributed by atoms with E-state index in [2.05, 4.69) is 15.3 Å². The van der Waals surface area contributed by atoms with Gasteiger partial charge >= 0.3 is 0 Å². The van der Waals surface area contributed by atoms with Crippen molar-refractivity contribution >= 4 is 5.91 Å². The standard InChI is InChI=1S/C16H18N4O2/c21-16(20-10-8-18-9-11-20)15-14(2-1-5-19-15)22-12-13-3-6-17-7-4-13/h1-7,18H,8-12H2. The number of hydrogen-bond donors (Lipinski definition) is 1. The van der Waals surface area contributed by atoms with Gasteiger partial charge in [0, 0.05) is 44.8 Å². The predicted molar refractivity (Wildman–Crippen MR) is 81.6 cm³/mol. The third-order valence-corrected chi connectivity index (χ3v) is 3.52. The highest BCUT2D eigenvalue weighted by atomic mass is 16.5. The van der Waals surface area contributed by atoms with Crippen LogP contribution in [0.4, 0.5) is 0 Å². The van der Waals surface area contributed by atoms with Crippen molar-refractivity contribution < 1.29 is 9.53 Å². The molecule has 1 fully saturated rings. The maximum atomic E-state index is 12.6. The van der Waals surface area contributed by atoms with Crippen LogP contribution in [0, 0.1) is 0 Å². The van der Waals surface area contributed by atoms with Crippen molar-refractivity contribution in [1.29, 1.82) is 0 Å². The summed E-state index contributed by atoms with van der Waals surface area (Å²) >= 11 is 0. The summed E-state index contributed by atoms with van der Waals surface area (Å²) in [5.41, 5.74) is 1.37. The van der Waals surface area contributed by atoms with Gasteiger partial charge in [0.2, 0.25) is 0 Å². The van der Waals surface area contributed by atoms with Gasteiger partial charge in [-0.3, -0.25) is 9.78 Å². The molecule has 1 N–H and O–H groups in total. The lowest BCUT2D eigenvalue weighted by molar-refractivity contribution is 0.0724. The Morgan fingerprint density at radius 1 is 1.18 bits per heavy atom. The first-order valence-electron chi connectivity index (χ1n) is 7.31. The third-order valence-electron chi connectivity index (χ3n) is 3.52. The van der Waals surface area contributed by atoms with Crippen LogP contribution in [0.2, 0.25) is 0 Å². The van der Waals surface area contributed by atoms with E-state index < -0.39 is 0 Å². The minimum atomic E-state index is -0.0770. The molecule has 1 saturated heterocycles. The maximum absolute atomic E-state index is 12.6. The Labute approximate surface area is 129 Å². The molecule has 6 nitrogen and oxygen atoms in total. The number of nitrogens with zero attached hydrogens (tertiary/aromatic N) is 3. The normalized spacial score (nSPS) is 14.6. The monoisotopic (exact) mass is 298 g/mol. The summed E-state index contributed by atoms with van der Waals surface area (Å²) in [5, 5.41) is 3.23. The number of pyridine rings is 2. The van der Waals surface area contributed by atoms with Crippen LogP contribution in [0.1, 0.15) is 16.1 Å². The van der Waals surface area contributed by atoms with E-state index in [9.17, 15) is 4.79 Å². The molecule has 1 aliphatic heterocycles. The minimum Gasteiger partial charge on any atom is -0.486 e. The summed E-state index contributed by atoms with van der Waals surface area (Å²) in [6.45, 7) is 3.39. The number of ether oxygens (including phenoxy) is 1. The van der Waals surface area contributed by atoms with Crippen molar-refractivity contribution in [3.63, 3.8) is 0 Å². The van der Waals surface area contributed by atoms with Crippen molar-refractivity contribution in [2.45, 2.75) is 6.61 Å². The molecule has 0 unspecified atom stereocenters. The van der Waals surface area contributed by atoms with Gasteiger partial charge in [-0.05, 0) is 29.8 Å². The molecule has 0 spiro atoms. The average Bonchev–Trinajstić information content (AvgIpc) is 2.61. The van der Waals surface area contributed by atoms with Gasteiger partial charge in [0.1, 0.15) is 6.61 Å². The van der Waals surface area contributed by atoms with Gasteiger partial charge < -0.3 is 15.0 Å². The highest BCUT2D eigenvalue weighted by Gasteiger charge is 2.22. The fourth-order valence-electron chi connectivity index (χ4n) is 2.33. The molecule has 0 aliphatic carbocycles. The van der Waals surface area contributed by atoms with Crippen LogP contribution >= 0.6 is 0 Å². The lowest BCUT2D eigenvalue weighted by Gasteiger charge is -2.27. The number of carbonyl (C=O) groups excluding carboxylic acids is 1. The van der Waals surface area contributed by atoms with Gasteiger partial charge in [0.15, 0.2) is 11.4 Å². The molecule has 22 heavy (non-hydrogen) atoms. The first-order valence-corrected chi connectivity index (χ1v) is 7.31. The summed E-state index contributed by atoms with van der Waals surface area (Å²) in [5.74, 6) is 0.440. The van der Waals surface area contributed by atoms with E-state index in [1.165, 1.54) is 0 Å². The first-order chi connectivity index (χ1) is 10.8. The van der Waals surface area contributed by atoms with E-state index in [1.807, 2.05) is 12.1 Å². The van der Waals surface area contributed by atoms with E-state index >= 15 is 0 Å². The molecule has 3 rings (SSSR count). The number of carbonyl (C=O) groups is 1. The molecule has 0 saturated carbocycles. The fraction of sp³-hybridized carbons (Fsp3) is 0.312. The number of nitrogens with one attached hydrogen (secondary N) is 1. The SMILES string of the molecule is O=C(c1ncccc1OCc1ccncc1)N1CCNCC1. The van der Waals surface area contributed by atoms with Crippen LogP contribution < -0.4 is 10.1 Å². The highest BCUT2D eigenvalue weighted by Crippen LogP contribution is 2.19. The molecular weight excluding hydrogens is 280 g/mol. The summed E-state index contributed by atoms with van der Waals surface area (Å²) < 4.78 is 5.78. The molecule has 0 radical (unpaired) electrons. The van der Waals surface area contributed by atoms with Crippen LogP contribution in [0.3, 0.4) is 0 Å². The molecule has 2 aromatic rings. The predicted octanol–water partition coefficient (Wildman–Crippen LogP) is 1.10. The smallest absolute Gasteiger partial charge is 0.276 e. The number of piperazine rings is 1. The second-order valence-corrected chi connectivity index (χ2v) is 5.04. The first kappa shape index (κ1) is 14.5. The molecule has 6 heteroatoms. The zero-order valence-electron chi connectivity index (χ0n) is 12.2. The molecule has 3 heterocycles. The third kappa shape index (κ3) is 3.40. The fourth-order valence-corrected chi connectivity index (χ4v) is 2.33. The van der Waals surface area contributed by atoms with E-state index in [0.717, 1.165) is 18.7 Å². The number of hydrogen-bond acceptors (Lipinski definition) is 5. The largest absolute Gasteiger partial charge is 0.486 e. The summed E-state index contributed by atoms with van der Waals surface area (Å²) in [7, 11) is 0. The number of rotatable bonds is 4. The van der Waals surface area contributed by atoms with Crippen molar-refractivity contribution in [3.05, 3.63) is 54.1 Å². The number of amides is 1. The van der Waals surface area contributed by atoms with E-state index in [-0.39, 0.29) is 5.91 Å². The average molecular weight is 298 g/mol. The molecule has 2 aromatic heterocycles. The Morgan fingerprint density at radius 2 is 1.95 bits per heavy atom. The Balaban J connectivity index is 1.73. The summed E-state index contributed by atoms with van der Waals surface area (Å²) in [6, 6.07) is 7.32. The Morgan fingerprint density at radius 3 is 2.73 bits per heavy atom. The molecule has 0 aromatic carbocycles. The van der Waals surface area contributed by atoms with Crippen LogP contribution in [0.25, 0.3) is 0 Å². The van der Waals surface area contributed by atoms with Crippen LogP contribution in [-0.2, 0) is 6.61 Å². The van der Waals surface area contributed by atoms with Crippen LogP contribution in [-0.4, -0.2) is 47.0 Å². The van der Waals surface area contributed by atoms with Gasteiger partial charge in [-0.2, -0.15) is 0 Å². The number of aromatic nitrogens is 2. The second-order valence-electron chi connectivity index (χ2n) is 5.04. The zero-order chi connectivity index (χ0) is 15.2. The Hall–Kier alpha value is -2.47. The second kappa shape index (κ2) is 7.00. The van der Waals surface area contributed by atoms with Gasteiger partial charge in [-0.25, -0.2) is 4.98 Å². The molecule has 1 amide bonds. The van der Waals surface area contributed by atoms with Crippen molar-refractivity contribution in [3.8, 4) is 5.75 Å². The maximum Gasteiger partial charge on any atom is 0.276 e. The lowest BCUT2D eigenvalue weighted by atomic mass is 10.2. The van der Waals surface area contributed by atoms with Crippen LogP contribution in [0.5, 0.6) is 5.75 Å². The van der Waals surface area contributed by atoms with Crippen molar-refractivity contribution in [2.75, 3.05) is 26.2 Å². The van der Waals surface area contributed by atoms with E-state index in [0.29, 0.717) is 31.1 Å². The molecule has 1 aliphatic rings. The molecule has 0 atom stereocenters. The quantitative estimate of drug-likeness (QED) is 0.915. The van der Waals surface area contributed by atoms with Crippen LogP contribution in [0.15, 0.2) is 42.9 Å². The Bertz CT molecular complexity index is 627. The van der Waals surface area contributed by atoms with E-state index in [1.54, 1.807) is 35.6 Å². The van der Waals surface area contributed by atoms with Gasteiger partial charge in [0.05, 0.1) is 0 Å². The molecular formula is C16H18N4O2. The zero-order valence-corrected chi connectivity index (χ0v) is 12.2. The van der Waals surface area contributed by atoms with Crippen molar-refractivity contribution in [2.24, 2.45) is 0 Å². The summed E-state index contributed by atoms with van der Waals surface area (Å²) in [4.78, 5) is 22.6. The van der Waals surface area contributed by atoms with Gasteiger partial charge in [0.25, 0.3) is 5.91 Å². The Kier molecular flexibility index (Phi) is 4.60. The lowest BCUT2D eigenvalue weighted by Crippen LogP contribution is -2.46. The van der Waals surface area contributed by atoms with Gasteiger partial charge in [-0.1, -0.05) is 0 Å². The van der Waals surface area contributed by atoms with E-state index in [4.69, 9.17) is 4.74 Å². The highest BCUT2D eigenvalue weighted by molar-refractivity contribution is 5.95. The van der Waals surface area contributed by atoms with Crippen molar-refractivity contribution in [1.82, 2.24) is 20.2 Å². The molecule has 114 valence electrons. The van der Waals surface area contributed by atoms with Gasteiger partial charge in [-0.15, -0.1) is 0 Å². The molecule has 0 bridgehead atoms.